The lowest BCUT2D eigenvalue weighted by molar-refractivity contribution is -0.739. The lowest BCUT2D eigenvalue weighted by Crippen LogP contribution is -3.00. The second-order valence-corrected chi connectivity index (χ2v) is 6.16. The first kappa shape index (κ1) is 19.1. The van der Waals surface area contributed by atoms with E-state index in [4.69, 9.17) is 9.84 Å². The van der Waals surface area contributed by atoms with Crippen molar-refractivity contribution in [2.75, 3.05) is 0 Å². The average molecular weight is 377 g/mol. The summed E-state index contributed by atoms with van der Waals surface area (Å²) in [5.74, 6) is 0.988. The summed E-state index contributed by atoms with van der Waals surface area (Å²) in [4.78, 5) is 0. The van der Waals surface area contributed by atoms with Crippen LogP contribution in [-0.4, -0.2) is 23.4 Å². The average Bonchev–Trinajstić information content (AvgIpc) is 3.22. The number of aromatic nitrogens is 3. The van der Waals surface area contributed by atoms with Crippen molar-refractivity contribution in [1.29, 1.82) is 0 Å². The van der Waals surface area contributed by atoms with E-state index in [0.29, 0.717) is 6.61 Å². The molecule has 0 bridgehead atoms. The first-order chi connectivity index (χ1) is 12.6. The third-order valence-corrected chi connectivity index (χ3v) is 4.65. The molecule has 0 saturated carbocycles. The molecule has 2 aromatic carbocycles. The maximum atomic E-state index is 9.67. The number of rotatable bonds is 1. The van der Waals surface area contributed by atoms with E-state index in [0.717, 1.165) is 17.9 Å². The van der Waals surface area contributed by atoms with E-state index in [1.54, 1.807) is 0 Å². The molecule has 5 rings (SSSR count). The number of benzene rings is 2. The zero-order chi connectivity index (χ0) is 18.1. The largest absolute Gasteiger partial charge is 1.00 e. The fourth-order valence-corrected chi connectivity index (χ4v) is 3.63. The molecule has 0 saturated heterocycles. The summed E-state index contributed by atoms with van der Waals surface area (Å²) in [5.41, 5.74) is 3.84. The zero-order valence-electron chi connectivity index (χ0n) is 14.2. The monoisotopic (exact) mass is 377 g/mol. The Bertz CT molecular complexity index is 904. The van der Waals surface area contributed by atoms with Crippen molar-refractivity contribution in [2.24, 2.45) is 0 Å². The van der Waals surface area contributed by atoms with Crippen LogP contribution < -0.4 is 9.27 Å². The molecule has 2 aliphatic rings. The van der Waals surface area contributed by atoms with Crippen LogP contribution in [0.4, 0.5) is 12.9 Å². The van der Waals surface area contributed by atoms with Crippen molar-refractivity contribution < 1.29 is 27.0 Å². The van der Waals surface area contributed by atoms with Crippen LogP contribution >= 0.6 is 0 Å². The molecule has 2 atom stereocenters. The maximum Gasteiger partial charge on any atom is 0.762 e. The van der Waals surface area contributed by atoms with E-state index < -0.39 is 7.54 Å². The molecule has 1 aliphatic carbocycles. The number of para-hydroxylation sites is 1. The number of nitrogens with zero attached hydrogens (tertiary/aromatic N) is 3. The lowest BCUT2D eigenvalue weighted by atomic mass is 10.1. The van der Waals surface area contributed by atoms with Gasteiger partial charge in [-0.05, 0) is 23.3 Å². The highest BCUT2D eigenvalue weighted by Crippen LogP contribution is 2.35. The van der Waals surface area contributed by atoms with Crippen molar-refractivity contribution >= 4 is 7.54 Å². The standard InChI is InChI=1S/C18H16N3O.BF3.FH/c1-2-7-14(8-3-1)21-12-20-17(19-21)11-22-16-10-13-6-4-5-9-15(13)18(16)20;2-1(3)4;/h1-9,12,16,18H,10-11H2;;1H/q+1;;/p-1/t16-,18+;;/m0../s1. The Labute approximate surface area is 153 Å². The van der Waals surface area contributed by atoms with Crippen LogP contribution in [-0.2, 0) is 17.8 Å². The van der Waals surface area contributed by atoms with E-state index >= 15 is 0 Å². The topological polar surface area (TPSA) is 30.9 Å². The summed E-state index contributed by atoms with van der Waals surface area (Å²) < 4.78 is 39.3. The van der Waals surface area contributed by atoms with Crippen molar-refractivity contribution in [3.8, 4) is 5.69 Å². The highest BCUT2D eigenvalue weighted by molar-refractivity contribution is 6.33. The Morgan fingerprint density at radius 1 is 1.04 bits per heavy atom. The molecule has 140 valence electrons. The second kappa shape index (κ2) is 7.91. The van der Waals surface area contributed by atoms with Crippen LogP contribution in [0.1, 0.15) is 23.0 Å². The van der Waals surface area contributed by atoms with Crippen LogP contribution in [0.15, 0.2) is 60.9 Å². The molecule has 3 aromatic rings. The van der Waals surface area contributed by atoms with Crippen LogP contribution in [0.25, 0.3) is 5.69 Å². The molecule has 1 aliphatic heterocycles. The van der Waals surface area contributed by atoms with E-state index in [1.165, 1.54) is 11.1 Å². The first-order valence-corrected chi connectivity index (χ1v) is 8.30. The predicted molar refractivity (Wildman–Crippen MR) is 89.7 cm³/mol. The van der Waals surface area contributed by atoms with Gasteiger partial charge in [-0.25, -0.2) is 4.57 Å². The van der Waals surface area contributed by atoms with E-state index in [9.17, 15) is 12.9 Å². The Balaban J connectivity index is 0.000000386. The zero-order valence-corrected chi connectivity index (χ0v) is 14.2. The molecule has 2 heterocycles. The summed E-state index contributed by atoms with van der Waals surface area (Å²) >= 11 is 0. The van der Waals surface area contributed by atoms with E-state index in [2.05, 4.69) is 47.3 Å². The summed E-state index contributed by atoms with van der Waals surface area (Å²) in [6.45, 7) is 0.578. The number of hydrogen-bond acceptors (Lipinski definition) is 2. The van der Waals surface area contributed by atoms with Crippen molar-refractivity contribution in [3.05, 3.63) is 77.9 Å². The highest BCUT2D eigenvalue weighted by Gasteiger charge is 2.43. The summed E-state index contributed by atoms with van der Waals surface area (Å²) in [5, 5.41) is 4.71. The normalized spacial score (nSPS) is 18.9. The van der Waals surface area contributed by atoms with E-state index in [1.807, 2.05) is 22.9 Å². The summed E-state index contributed by atoms with van der Waals surface area (Å²) in [6.07, 6.45) is 3.32. The SMILES string of the molecule is FB(F)F.[F-].c1ccc(-n2c[n+]3c(n2)CO[C@H]2Cc4ccccc4[C@H]23)cc1. The van der Waals surface area contributed by atoms with E-state index in [-0.39, 0.29) is 16.9 Å². The highest BCUT2D eigenvalue weighted by atomic mass is 19.4. The van der Waals surface area contributed by atoms with Gasteiger partial charge in [0.05, 0.1) is 0 Å². The molecular formula is C18H16BF4N3O. The molecule has 4 nitrogen and oxygen atoms in total. The first-order valence-electron chi connectivity index (χ1n) is 8.30. The minimum Gasteiger partial charge on any atom is -1.00 e. The van der Waals surface area contributed by atoms with Gasteiger partial charge in [0.1, 0.15) is 24.4 Å². The smallest absolute Gasteiger partial charge is 0.762 e. The molecule has 0 spiro atoms. The third-order valence-electron chi connectivity index (χ3n) is 4.65. The number of hydrogen-bond donors (Lipinski definition) is 0. The Morgan fingerprint density at radius 2 is 1.70 bits per heavy atom. The molecule has 27 heavy (non-hydrogen) atoms. The fraction of sp³-hybridized carbons (Fsp3) is 0.222. The third kappa shape index (κ3) is 3.73. The van der Waals surface area contributed by atoms with Crippen LogP contribution in [0.5, 0.6) is 0 Å². The maximum absolute atomic E-state index is 9.67. The summed E-state index contributed by atoms with van der Waals surface area (Å²) in [7, 11) is -3.67. The van der Waals surface area contributed by atoms with Gasteiger partial charge in [0.2, 0.25) is 6.33 Å². The van der Waals surface area contributed by atoms with Crippen molar-refractivity contribution in [2.45, 2.75) is 25.2 Å². The quantitative estimate of drug-likeness (QED) is 0.342. The van der Waals surface area contributed by atoms with Gasteiger partial charge in [-0.15, -0.1) is 0 Å². The van der Waals surface area contributed by atoms with Gasteiger partial charge < -0.3 is 9.44 Å². The lowest BCUT2D eigenvalue weighted by Gasteiger charge is -2.23. The fourth-order valence-electron chi connectivity index (χ4n) is 3.63. The molecular weight excluding hydrogens is 361 g/mol. The molecule has 9 heteroatoms. The molecule has 0 radical (unpaired) electrons. The van der Waals surface area contributed by atoms with Crippen LogP contribution in [0, 0.1) is 0 Å². The van der Waals surface area contributed by atoms with Crippen LogP contribution in [0.3, 0.4) is 0 Å². The Morgan fingerprint density at radius 3 is 2.44 bits per heavy atom. The van der Waals surface area contributed by atoms with Gasteiger partial charge >= 0.3 is 13.4 Å². The molecule has 1 aromatic heterocycles. The minimum atomic E-state index is -3.67. The van der Waals surface area contributed by atoms with Gasteiger partial charge in [-0.1, -0.05) is 47.1 Å². The van der Waals surface area contributed by atoms with Crippen LogP contribution in [0.2, 0.25) is 0 Å². The second-order valence-electron chi connectivity index (χ2n) is 6.16. The summed E-state index contributed by atoms with van der Waals surface area (Å²) in [6, 6.07) is 19.1. The molecule has 0 amide bonds. The van der Waals surface area contributed by atoms with Crippen molar-refractivity contribution in [3.63, 3.8) is 0 Å². The van der Waals surface area contributed by atoms with Gasteiger partial charge in [-0.2, -0.15) is 0 Å². The molecule has 0 fully saturated rings. The number of ether oxygens (including phenoxy) is 1. The number of halogens is 4. The van der Waals surface area contributed by atoms with Gasteiger partial charge in [0, 0.05) is 11.5 Å². The van der Waals surface area contributed by atoms with Gasteiger partial charge in [0.25, 0.3) is 0 Å². The molecule has 0 unspecified atom stereocenters. The number of fused-ring (bicyclic) bond motifs is 5. The van der Waals surface area contributed by atoms with Gasteiger partial charge in [-0.3, -0.25) is 12.9 Å². The predicted octanol–water partition coefficient (Wildman–Crippen LogP) is 0.0879. The van der Waals surface area contributed by atoms with Gasteiger partial charge in [0.15, 0.2) is 0 Å². The molecule has 0 N–H and O–H groups in total. The Kier molecular flexibility index (Phi) is 5.60. The Hall–Kier alpha value is -2.68. The van der Waals surface area contributed by atoms with Crippen molar-refractivity contribution in [1.82, 2.24) is 9.78 Å². The minimum absolute atomic E-state index is 0.